The van der Waals surface area contributed by atoms with E-state index in [2.05, 4.69) is 21.9 Å². The van der Waals surface area contributed by atoms with Gasteiger partial charge in [-0.05, 0) is 55.8 Å². The van der Waals surface area contributed by atoms with Crippen LogP contribution >= 0.6 is 0 Å². The van der Waals surface area contributed by atoms with Gasteiger partial charge in [0.25, 0.3) is 0 Å². The van der Waals surface area contributed by atoms with Gasteiger partial charge in [0.1, 0.15) is 36.1 Å². The summed E-state index contributed by atoms with van der Waals surface area (Å²) in [5.74, 6) is 0.904. The molecule has 174 valence electrons. The van der Waals surface area contributed by atoms with E-state index in [9.17, 15) is 9.50 Å². The second-order valence-electron chi connectivity index (χ2n) is 8.78. The van der Waals surface area contributed by atoms with Gasteiger partial charge < -0.3 is 19.3 Å². The Hall–Kier alpha value is -2.19. The first-order chi connectivity index (χ1) is 15.6. The van der Waals surface area contributed by atoms with Gasteiger partial charge in [0, 0.05) is 32.2 Å². The van der Waals surface area contributed by atoms with Gasteiger partial charge in [0.15, 0.2) is 0 Å². The highest BCUT2D eigenvalue weighted by molar-refractivity contribution is 5.28. The lowest BCUT2D eigenvalue weighted by Crippen LogP contribution is -2.48. The third-order valence-electron chi connectivity index (χ3n) is 5.92. The van der Waals surface area contributed by atoms with Crippen molar-refractivity contribution >= 4 is 0 Å². The summed E-state index contributed by atoms with van der Waals surface area (Å²) in [4.78, 5) is 4.60. The Morgan fingerprint density at radius 2 is 1.75 bits per heavy atom. The van der Waals surface area contributed by atoms with Crippen molar-refractivity contribution in [3.63, 3.8) is 0 Å². The standard InChI is InChI=1S/C25H33FN2O4/c26-22-6-4-8-24(16-22)32-20-25(29)18-28(11-13-30-19-25)17-21-5-3-7-23(15-21)31-14-12-27-9-1-2-10-27/h3-8,15-16,29H,1-2,9-14,17-20H2/t25-/m0/s1. The zero-order chi connectivity index (χ0) is 22.2. The average molecular weight is 445 g/mol. The van der Waals surface area contributed by atoms with Crippen LogP contribution in [0.15, 0.2) is 48.5 Å². The molecule has 0 radical (unpaired) electrons. The molecule has 2 aliphatic rings. The van der Waals surface area contributed by atoms with Gasteiger partial charge >= 0.3 is 0 Å². The molecule has 7 heteroatoms. The number of β-amino-alcohol motifs (C(OH)–C–C–N with tert-alkyl or cyclic N) is 1. The average Bonchev–Trinajstić information content (AvgIpc) is 3.22. The fourth-order valence-electron chi connectivity index (χ4n) is 4.28. The third kappa shape index (κ3) is 6.90. The Morgan fingerprint density at radius 3 is 2.56 bits per heavy atom. The minimum Gasteiger partial charge on any atom is -0.492 e. The molecule has 4 rings (SSSR count). The lowest BCUT2D eigenvalue weighted by molar-refractivity contribution is -0.0647. The smallest absolute Gasteiger partial charge is 0.134 e. The van der Waals surface area contributed by atoms with Crippen LogP contribution in [-0.4, -0.2) is 79.7 Å². The van der Waals surface area contributed by atoms with E-state index < -0.39 is 5.60 Å². The van der Waals surface area contributed by atoms with Crippen LogP contribution < -0.4 is 9.47 Å². The van der Waals surface area contributed by atoms with E-state index in [1.807, 2.05) is 12.1 Å². The molecule has 1 atom stereocenters. The van der Waals surface area contributed by atoms with E-state index in [4.69, 9.17) is 14.2 Å². The van der Waals surface area contributed by atoms with Crippen LogP contribution in [0.3, 0.4) is 0 Å². The Morgan fingerprint density at radius 1 is 0.969 bits per heavy atom. The van der Waals surface area contributed by atoms with Gasteiger partial charge in [-0.25, -0.2) is 4.39 Å². The van der Waals surface area contributed by atoms with Crippen molar-refractivity contribution in [2.75, 3.05) is 59.2 Å². The molecule has 0 saturated carbocycles. The van der Waals surface area contributed by atoms with Crippen molar-refractivity contribution < 1.29 is 23.7 Å². The molecule has 32 heavy (non-hydrogen) atoms. The van der Waals surface area contributed by atoms with E-state index in [0.717, 1.165) is 17.9 Å². The maximum absolute atomic E-state index is 13.4. The van der Waals surface area contributed by atoms with Crippen molar-refractivity contribution in [2.24, 2.45) is 0 Å². The first kappa shape index (κ1) is 23.0. The quantitative estimate of drug-likeness (QED) is 0.642. The molecule has 0 unspecified atom stereocenters. The maximum Gasteiger partial charge on any atom is 0.134 e. The molecule has 0 aromatic heterocycles. The van der Waals surface area contributed by atoms with Gasteiger partial charge in [0.05, 0.1) is 13.2 Å². The van der Waals surface area contributed by atoms with E-state index >= 15 is 0 Å². The van der Waals surface area contributed by atoms with Crippen molar-refractivity contribution in [3.8, 4) is 11.5 Å². The van der Waals surface area contributed by atoms with Gasteiger partial charge in [-0.3, -0.25) is 9.80 Å². The SMILES string of the molecule is O[C@]1(COc2cccc(F)c2)COCCN(Cc2cccc(OCCN3CCCC3)c2)C1. The van der Waals surface area contributed by atoms with Crippen LogP contribution in [-0.2, 0) is 11.3 Å². The largest absolute Gasteiger partial charge is 0.492 e. The lowest BCUT2D eigenvalue weighted by Gasteiger charge is -2.30. The molecule has 0 aliphatic carbocycles. The zero-order valence-corrected chi connectivity index (χ0v) is 18.5. The monoisotopic (exact) mass is 444 g/mol. The van der Waals surface area contributed by atoms with Gasteiger partial charge in [-0.15, -0.1) is 0 Å². The third-order valence-corrected chi connectivity index (χ3v) is 5.92. The van der Waals surface area contributed by atoms with Crippen LogP contribution in [0.2, 0.25) is 0 Å². The summed E-state index contributed by atoms with van der Waals surface area (Å²) in [6, 6.07) is 14.1. The number of aliphatic hydroxyl groups is 1. The number of rotatable bonds is 9. The second kappa shape index (κ2) is 11.1. The fraction of sp³-hybridized carbons (Fsp3) is 0.520. The molecular weight excluding hydrogens is 411 g/mol. The van der Waals surface area contributed by atoms with Crippen LogP contribution in [0, 0.1) is 5.82 Å². The van der Waals surface area contributed by atoms with E-state index in [1.165, 1.54) is 38.1 Å². The van der Waals surface area contributed by atoms with E-state index in [0.29, 0.717) is 38.6 Å². The summed E-state index contributed by atoms with van der Waals surface area (Å²) in [6.07, 6.45) is 2.57. The van der Waals surface area contributed by atoms with Crippen LogP contribution in [0.5, 0.6) is 11.5 Å². The summed E-state index contributed by atoms with van der Waals surface area (Å²) in [7, 11) is 0. The number of likely N-dealkylation sites (tertiary alicyclic amines) is 1. The Labute approximate surface area is 189 Å². The Balaban J connectivity index is 1.30. The molecule has 0 spiro atoms. The summed E-state index contributed by atoms with van der Waals surface area (Å²) in [5.41, 5.74) is -0.0499. The van der Waals surface area contributed by atoms with Gasteiger partial charge in [-0.2, -0.15) is 0 Å². The van der Waals surface area contributed by atoms with Crippen molar-refractivity contribution in [1.82, 2.24) is 9.80 Å². The lowest BCUT2D eigenvalue weighted by atomic mass is 10.1. The highest BCUT2D eigenvalue weighted by Crippen LogP contribution is 2.20. The molecule has 2 heterocycles. The predicted octanol–water partition coefficient (Wildman–Crippen LogP) is 2.94. The van der Waals surface area contributed by atoms with E-state index in [-0.39, 0.29) is 19.0 Å². The first-order valence-electron chi connectivity index (χ1n) is 11.4. The number of ether oxygens (including phenoxy) is 3. The molecule has 2 aromatic carbocycles. The van der Waals surface area contributed by atoms with Crippen molar-refractivity contribution in [3.05, 3.63) is 59.9 Å². The summed E-state index contributed by atoms with van der Waals surface area (Å²) in [5, 5.41) is 11.1. The van der Waals surface area contributed by atoms with Crippen LogP contribution in [0.25, 0.3) is 0 Å². The minimum atomic E-state index is -1.17. The summed E-state index contributed by atoms with van der Waals surface area (Å²) < 4.78 is 30.7. The molecule has 0 amide bonds. The second-order valence-corrected chi connectivity index (χ2v) is 8.78. The summed E-state index contributed by atoms with van der Waals surface area (Å²) >= 11 is 0. The number of benzene rings is 2. The van der Waals surface area contributed by atoms with Gasteiger partial charge in [0.2, 0.25) is 0 Å². The number of halogens is 1. The van der Waals surface area contributed by atoms with E-state index in [1.54, 1.807) is 12.1 Å². The molecule has 2 saturated heterocycles. The predicted molar refractivity (Wildman–Crippen MR) is 121 cm³/mol. The zero-order valence-electron chi connectivity index (χ0n) is 18.5. The number of nitrogens with zero attached hydrogens (tertiary/aromatic N) is 2. The topological polar surface area (TPSA) is 54.4 Å². The van der Waals surface area contributed by atoms with Crippen LogP contribution in [0.1, 0.15) is 18.4 Å². The number of hydrogen-bond acceptors (Lipinski definition) is 6. The fourth-order valence-corrected chi connectivity index (χ4v) is 4.28. The normalized spacial score (nSPS) is 22.6. The first-order valence-corrected chi connectivity index (χ1v) is 11.4. The minimum absolute atomic E-state index is 0.0343. The van der Waals surface area contributed by atoms with Crippen molar-refractivity contribution in [1.29, 1.82) is 0 Å². The molecule has 2 aliphatic heterocycles. The van der Waals surface area contributed by atoms with Crippen LogP contribution in [0.4, 0.5) is 4.39 Å². The molecular formula is C25H33FN2O4. The molecule has 0 bridgehead atoms. The Bertz CT molecular complexity index is 861. The summed E-state index contributed by atoms with van der Waals surface area (Å²) in [6.45, 7) is 6.54. The molecule has 2 aromatic rings. The van der Waals surface area contributed by atoms with Crippen molar-refractivity contribution in [2.45, 2.75) is 25.0 Å². The number of hydrogen-bond donors (Lipinski definition) is 1. The highest BCUT2D eigenvalue weighted by atomic mass is 19.1. The Kier molecular flexibility index (Phi) is 7.97. The maximum atomic E-state index is 13.4. The molecule has 6 nitrogen and oxygen atoms in total. The molecule has 2 fully saturated rings. The van der Waals surface area contributed by atoms with Gasteiger partial charge in [-0.1, -0.05) is 18.2 Å². The molecule has 1 N–H and O–H groups in total. The highest BCUT2D eigenvalue weighted by Gasteiger charge is 2.33.